The summed E-state index contributed by atoms with van der Waals surface area (Å²) in [6, 6.07) is 0.282. The highest BCUT2D eigenvalue weighted by atomic mass is 19.4. The molecule has 0 unspecified atom stereocenters. The van der Waals surface area contributed by atoms with E-state index in [-0.39, 0.29) is 12.1 Å². The van der Waals surface area contributed by atoms with Gasteiger partial charge in [-0.05, 0) is 13.0 Å². The van der Waals surface area contributed by atoms with E-state index in [1.165, 1.54) is 0 Å². The van der Waals surface area contributed by atoms with Crippen LogP contribution >= 0.6 is 0 Å². The van der Waals surface area contributed by atoms with E-state index in [4.69, 9.17) is 0 Å². The molecule has 1 rings (SSSR count). The Kier molecular flexibility index (Phi) is 4.26. The van der Waals surface area contributed by atoms with E-state index in [9.17, 15) is 36.9 Å². The summed E-state index contributed by atoms with van der Waals surface area (Å²) in [5.41, 5.74) is -3.64. The Bertz CT molecular complexity index is 555. The molecule has 0 N–H and O–H groups in total. The molecule has 0 heterocycles. The number of carbonyl (C=O) groups excluding carboxylic acids is 1. The average Bonchev–Trinajstić information content (AvgIpc) is 2.25. The van der Waals surface area contributed by atoms with Crippen molar-refractivity contribution in [2.45, 2.75) is 19.7 Å². The zero-order valence-electron chi connectivity index (χ0n) is 9.70. The van der Waals surface area contributed by atoms with Crippen molar-refractivity contribution in [3.05, 3.63) is 33.4 Å². The fourth-order valence-corrected chi connectivity index (χ4v) is 1.42. The lowest BCUT2D eigenvalue weighted by Crippen LogP contribution is -2.14. The second kappa shape index (κ2) is 5.39. The smallest absolute Gasteiger partial charge is 0.420 e. The largest absolute Gasteiger partial charge is 0.434 e. The Labute approximate surface area is 108 Å². The lowest BCUT2D eigenvalue weighted by atomic mass is 10.0. The maximum Gasteiger partial charge on any atom is 0.420 e. The van der Waals surface area contributed by atoms with Crippen LogP contribution in [0.15, 0.2) is 12.1 Å². The van der Waals surface area contributed by atoms with Gasteiger partial charge in [-0.3, -0.25) is 14.9 Å². The van der Waals surface area contributed by atoms with Crippen LogP contribution in [0.4, 0.5) is 27.6 Å². The maximum atomic E-state index is 12.6. The number of nitro benzene ring substituents is 1. The van der Waals surface area contributed by atoms with Gasteiger partial charge in [0, 0.05) is 6.07 Å². The van der Waals surface area contributed by atoms with Crippen LogP contribution in [-0.2, 0) is 6.18 Å². The number of carbonyl (C=O) groups is 1. The number of halogens is 5. The molecule has 0 saturated carbocycles. The Hall–Kier alpha value is -2.26. The van der Waals surface area contributed by atoms with Crippen LogP contribution in [0.25, 0.3) is 0 Å². The first kappa shape index (κ1) is 15.8. The van der Waals surface area contributed by atoms with E-state index >= 15 is 0 Å². The van der Waals surface area contributed by atoms with Gasteiger partial charge in [-0.2, -0.15) is 22.0 Å². The molecule has 0 amide bonds. The summed E-state index contributed by atoms with van der Waals surface area (Å²) < 4.78 is 65.7. The number of alkyl halides is 5. The molecule has 0 aliphatic heterocycles. The molecule has 0 saturated heterocycles. The van der Waals surface area contributed by atoms with Gasteiger partial charge in [0.15, 0.2) is 5.78 Å². The van der Waals surface area contributed by atoms with Gasteiger partial charge in [0.25, 0.3) is 5.69 Å². The summed E-state index contributed by atoms with van der Waals surface area (Å²) in [4.78, 5) is 20.6. The zero-order valence-corrected chi connectivity index (χ0v) is 9.70. The summed E-state index contributed by atoms with van der Waals surface area (Å²) in [5, 5.41) is 10.6. The molecule has 0 aromatic heterocycles. The van der Waals surface area contributed by atoms with Crippen molar-refractivity contribution in [3.8, 4) is 5.75 Å². The maximum absolute atomic E-state index is 12.6. The molecule has 0 spiro atoms. The van der Waals surface area contributed by atoms with Crippen molar-refractivity contribution in [2.75, 3.05) is 0 Å². The number of hydrogen-bond donors (Lipinski definition) is 0. The minimum absolute atomic E-state index is 0.00551. The van der Waals surface area contributed by atoms with Gasteiger partial charge in [0.2, 0.25) is 0 Å². The van der Waals surface area contributed by atoms with Gasteiger partial charge >= 0.3 is 12.8 Å². The quantitative estimate of drug-likeness (QED) is 0.370. The molecule has 0 bridgehead atoms. The molecule has 0 fully saturated rings. The van der Waals surface area contributed by atoms with Gasteiger partial charge in [0.1, 0.15) is 11.3 Å². The first-order valence-electron chi connectivity index (χ1n) is 4.89. The Morgan fingerprint density at radius 2 is 1.90 bits per heavy atom. The number of benzene rings is 1. The van der Waals surface area contributed by atoms with Crippen LogP contribution in [-0.4, -0.2) is 17.3 Å². The second-order valence-electron chi connectivity index (χ2n) is 3.56. The number of rotatable bonds is 4. The van der Waals surface area contributed by atoms with Gasteiger partial charge in [-0.25, -0.2) is 0 Å². The van der Waals surface area contributed by atoms with Crippen molar-refractivity contribution in [1.29, 1.82) is 0 Å². The Morgan fingerprint density at radius 1 is 1.35 bits per heavy atom. The van der Waals surface area contributed by atoms with Crippen LogP contribution < -0.4 is 4.74 Å². The molecule has 1 aromatic rings. The molecule has 0 aliphatic rings. The number of nitro groups is 1. The van der Waals surface area contributed by atoms with Crippen LogP contribution in [0.2, 0.25) is 0 Å². The SMILES string of the molecule is CC(=O)c1cc(OC(F)F)c(C(F)(F)F)cc1[N+](=O)[O-]. The standard InChI is InChI=1S/C10H6F5NO4/c1-4(17)5-2-8(20-9(11)12)6(10(13,14)15)3-7(5)16(18)19/h2-3,9H,1H3. The van der Waals surface area contributed by atoms with Crippen LogP contribution in [0.5, 0.6) is 5.75 Å². The Balaban J connectivity index is 3.60. The number of nitrogens with zero attached hydrogens (tertiary/aromatic N) is 1. The summed E-state index contributed by atoms with van der Waals surface area (Å²) in [7, 11) is 0. The summed E-state index contributed by atoms with van der Waals surface area (Å²) in [5.74, 6) is -2.30. The van der Waals surface area contributed by atoms with Gasteiger partial charge in [-0.15, -0.1) is 0 Å². The first-order chi connectivity index (χ1) is 9.04. The highest BCUT2D eigenvalue weighted by molar-refractivity contribution is 5.98. The minimum atomic E-state index is -5.15. The van der Waals surface area contributed by atoms with E-state index in [2.05, 4.69) is 4.74 Å². The molecule has 0 radical (unpaired) electrons. The fraction of sp³-hybridized carbons (Fsp3) is 0.300. The summed E-state index contributed by atoms with van der Waals surface area (Å²) in [6.45, 7) is -2.72. The number of ketones is 1. The van der Waals surface area contributed by atoms with Gasteiger partial charge in [0.05, 0.1) is 10.5 Å². The molecule has 10 heteroatoms. The zero-order chi connectivity index (χ0) is 15.7. The number of hydrogen-bond acceptors (Lipinski definition) is 4. The highest BCUT2D eigenvalue weighted by Gasteiger charge is 2.38. The third-order valence-corrected chi connectivity index (χ3v) is 2.20. The van der Waals surface area contributed by atoms with Crippen LogP contribution in [0.3, 0.4) is 0 Å². The normalized spacial score (nSPS) is 11.6. The summed E-state index contributed by atoms with van der Waals surface area (Å²) >= 11 is 0. The van der Waals surface area contributed by atoms with Crippen molar-refractivity contribution in [2.24, 2.45) is 0 Å². The van der Waals surface area contributed by atoms with Crippen LogP contribution in [0.1, 0.15) is 22.8 Å². The topological polar surface area (TPSA) is 69.4 Å². The highest BCUT2D eigenvalue weighted by Crippen LogP contribution is 2.40. The molecule has 0 aliphatic carbocycles. The third-order valence-electron chi connectivity index (χ3n) is 2.20. The lowest BCUT2D eigenvalue weighted by molar-refractivity contribution is -0.385. The third kappa shape index (κ3) is 3.39. The van der Waals surface area contributed by atoms with Crippen molar-refractivity contribution in [3.63, 3.8) is 0 Å². The predicted molar refractivity (Wildman–Crippen MR) is 54.7 cm³/mol. The number of ether oxygens (including phenoxy) is 1. The van der Waals surface area contributed by atoms with E-state index in [0.717, 1.165) is 6.92 Å². The molecule has 110 valence electrons. The lowest BCUT2D eigenvalue weighted by Gasteiger charge is -2.14. The molecular weight excluding hydrogens is 293 g/mol. The fourth-order valence-electron chi connectivity index (χ4n) is 1.42. The number of Topliss-reactive ketones (excluding diaryl/α,β-unsaturated/α-hetero) is 1. The van der Waals surface area contributed by atoms with Gasteiger partial charge < -0.3 is 4.74 Å². The molecule has 1 aromatic carbocycles. The van der Waals surface area contributed by atoms with Gasteiger partial charge in [-0.1, -0.05) is 0 Å². The molecule has 5 nitrogen and oxygen atoms in total. The molecule has 0 atom stereocenters. The minimum Gasteiger partial charge on any atom is -0.434 e. The predicted octanol–water partition coefficient (Wildman–Crippen LogP) is 3.42. The first-order valence-corrected chi connectivity index (χ1v) is 4.89. The monoisotopic (exact) mass is 299 g/mol. The molecular formula is C10H6F5NO4. The summed E-state index contributed by atoms with van der Waals surface area (Å²) in [6.07, 6.45) is -5.15. The van der Waals surface area contributed by atoms with E-state index < -0.39 is 46.1 Å². The van der Waals surface area contributed by atoms with Crippen molar-refractivity contribution < 1.29 is 36.4 Å². The average molecular weight is 299 g/mol. The van der Waals surface area contributed by atoms with E-state index in [1.807, 2.05) is 0 Å². The van der Waals surface area contributed by atoms with Crippen LogP contribution in [0, 0.1) is 10.1 Å². The van der Waals surface area contributed by atoms with Crippen molar-refractivity contribution in [1.82, 2.24) is 0 Å². The second-order valence-corrected chi connectivity index (χ2v) is 3.56. The Morgan fingerprint density at radius 3 is 2.25 bits per heavy atom. The molecule has 20 heavy (non-hydrogen) atoms. The van der Waals surface area contributed by atoms with E-state index in [0.29, 0.717) is 0 Å². The van der Waals surface area contributed by atoms with E-state index in [1.54, 1.807) is 0 Å². The van der Waals surface area contributed by atoms with Crippen molar-refractivity contribution >= 4 is 11.5 Å².